The molecule has 0 aliphatic rings. The number of rotatable bonds is 5. The quantitative estimate of drug-likeness (QED) is 0.539. The minimum atomic E-state index is -0.980. The Bertz CT molecular complexity index is 1020. The van der Waals surface area contributed by atoms with Gasteiger partial charge in [-0.1, -0.05) is 17.9 Å². The molecule has 0 bridgehead atoms. The molecule has 0 atom stereocenters. The van der Waals surface area contributed by atoms with Crippen molar-refractivity contribution in [2.75, 3.05) is 5.32 Å². The summed E-state index contributed by atoms with van der Waals surface area (Å²) >= 11 is 1.16. The minimum absolute atomic E-state index is 0.148. The van der Waals surface area contributed by atoms with Crippen LogP contribution in [0.1, 0.15) is 35.3 Å². The Balaban J connectivity index is 1.78. The van der Waals surface area contributed by atoms with Crippen LogP contribution >= 0.6 is 11.3 Å². The van der Waals surface area contributed by atoms with E-state index >= 15 is 0 Å². The van der Waals surface area contributed by atoms with E-state index < -0.39 is 5.97 Å². The van der Waals surface area contributed by atoms with Gasteiger partial charge < -0.3 is 15.2 Å². The van der Waals surface area contributed by atoms with Crippen molar-refractivity contribution in [3.05, 3.63) is 64.5 Å². The number of nitrogens with zero attached hydrogens (tertiary/aromatic N) is 1. The molecule has 0 spiro atoms. The first kappa shape index (κ1) is 19.5. The van der Waals surface area contributed by atoms with Crippen LogP contribution in [-0.4, -0.2) is 16.1 Å². The molecule has 2 aromatic heterocycles. The van der Waals surface area contributed by atoms with Gasteiger partial charge in [0, 0.05) is 23.4 Å². The van der Waals surface area contributed by atoms with Crippen LogP contribution in [0.5, 0.6) is 11.6 Å². The van der Waals surface area contributed by atoms with E-state index in [0.29, 0.717) is 22.2 Å². The lowest BCUT2D eigenvalue weighted by molar-refractivity contribution is 0.0703. The van der Waals surface area contributed by atoms with Crippen LogP contribution < -0.4 is 10.1 Å². The molecule has 28 heavy (non-hydrogen) atoms. The standard InChI is InChI=1S/C22H20N2O3S/c1-22(2,3)12-11-17-14-18(20(28-17)21(25)26)24-15-7-9-16(10-8-15)27-19-6-4-5-13-23-19/h4-10,13-14,24H,1-3H3,(H,25,26). The van der Waals surface area contributed by atoms with Crippen molar-refractivity contribution < 1.29 is 14.6 Å². The van der Waals surface area contributed by atoms with Crippen molar-refractivity contribution in [2.24, 2.45) is 5.41 Å². The third-order valence-electron chi connectivity index (χ3n) is 3.48. The van der Waals surface area contributed by atoms with Gasteiger partial charge in [0.25, 0.3) is 0 Å². The molecule has 0 radical (unpaired) electrons. The second-order valence-electron chi connectivity index (χ2n) is 7.08. The lowest BCUT2D eigenvalue weighted by atomic mass is 9.98. The molecule has 3 rings (SSSR count). The Labute approximate surface area is 168 Å². The van der Waals surface area contributed by atoms with Gasteiger partial charge in [0.05, 0.1) is 10.6 Å². The zero-order valence-electron chi connectivity index (χ0n) is 15.8. The molecular weight excluding hydrogens is 372 g/mol. The third kappa shape index (κ3) is 5.35. The fourth-order valence-corrected chi connectivity index (χ4v) is 3.05. The van der Waals surface area contributed by atoms with E-state index in [9.17, 15) is 9.90 Å². The molecule has 0 aliphatic carbocycles. The molecule has 0 unspecified atom stereocenters. The second-order valence-corrected chi connectivity index (χ2v) is 8.13. The number of hydrogen-bond donors (Lipinski definition) is 2. The zero-order chi connectivity index (χ0) is 20.1. The lowest BCUT2D eigenvalue weighted by Crippen LogP contribution is -1.98. The van der Waals surface area contributed by atoms with Gasteiger partial charge in [0.1, 0.15) is 10.6 Å². The summed E-state index contributed by atoms with van der Waals surface area (Å²) in [6, 6.07) is 14.4. The van der Waals surface area contributed by atoms with Crippen LogP contribution in [0.4, 0.5) is 11.4 Å². The number of ether oxygens (including phenoxy) is 1. The first-order valence-corrected chi connectivity index (χ1v) is 9.48. The van der Waals surface area contributed by atoms with Gasteiger partial charge in [0.2, 0.25) is 5.88 Å². The molecule has 3 aromatic rings. The van der Waals surface area contributed by atoms with Crippen LogP contribution in [0.2, 0.25) is 0 Å². The summed E-state index contributed by atoms with van der Waals surface area (Å²) in [6.07, 6.45) is 1.66. The predicted octanol–water partition coefficient (Wildman–Crippen LogP) is 5.77. The summed E-state index contributed by atoms with van der Waals surface area (Å²) < 4.78 is 5.66. The summed E-state index contributed by atoms with van der Waals surface area (Å²) in [6.45, 7) is 6.04. The first-order chi connectivity index (χ1) is 13.3. The summed E-state index contributed by atoms with van der Waals surface area (Å²) in [5.74, 6) is 6.36. The largest absolute Gasteiger partial charge is 0.477 e. The van der Waals surface area contributed by atoms with Crippen molar-refractivity contribution in [2.45, 2.75) is 20.8 Å². The number of carboxylic acids is 1. The fraction of sp³-hybridized carbons (Fsp3) is 0.182. The van der Waals surface area contributed by atoms with E-state index in [4.69, 9.17) is 4.74 Å². The van der Waals surface area contributed by atoms with Crippen molar-refractivity contribution in [3.63, 3.8) is 0 Å². The highest BCUT2D eigenvalue weighted by Crippen LogP contribution is 2.31. The summed E-state index contributed by atoms with van der Waals surface area (Å²) in [7, 11) is 0. The highest BCUT2D eigenvalue weighted by Gasteiger charge is 2.15. The molecule has 142 valence electrons. The number of thiophene rings is 1. The molecule has 2 heterocycles. The van der Waals surface area contributed by atoms with Gasteiger partial charge in [-0.3, -0.25) is 0 Å². The summed E-state index contributed by atoms with van der Waals surface area (Å²) in [5, 5.41) is 12.6. The van der Waals surface area contributed by atoms with E-state index in [-0.39, 0.29) is 10.3 Å². The molecule has 0 amide bonds. The first-order valence-electron chi connectivity index (χ1n) is 8.66. The Morgan fingerprint density at radius 1 is 1.18 bits per heavy atom. The number of carboxylic acid groups (broad SMARTS) is 1. The summed E-state index contributed by atoms with van der Waals surface area (Å²) in [5.41, 5.74) is 1.13. The molecule has 0 saturated carbocycles. The normalized spacial score (nSPS) is 10.7. The maximum Gasteiger partial charge on any atom is 0.348 e. The van der Waals surface area contributed by atoms with Crippen molar-refractivity contribution in [1.29, 1.82) is 0 Å². The number of pyridine rings is 1. The highest BCUT2D eigenvalue weighted by molar-refractivity contribution is 7.15. The zero-order valence-corrected chi connectivity index (χ0v) is 16.6. The van der Waals surface area contributed by atoms with E-state index in [0.717, 1.165) is 17.0 Å². The lowest BCUT2D eigenvalue weighted by Gasteiger charge is -2.08. The number of carbonyl (C=O) groups is 1. The number of hydrogen-bond acceptors (Lipinski definition) is 5. The van der Waals surface area contributed by atoms with Gasteiger partial charge in [-0.15, -0.1) is 11.3 Å². The van der Waals surface area contributed by atoms with Crippen molar-refractivity contribution in [3.8, 4) is 23.5 Å². The van der Waals surface area contributed by atoms with Gasteiger partial charge in [-0.25, -0.2) is 9.78 Å². The maximum atomic E-state index is 11.6. The number of nitrogens with one attached hydrogen (secondary N) is 1. The fourth-order valence-electron chi connectivity index (χ4n) is 2.24. The molecule has 0 aliphatic heterocycles. The maximum absolute atomic E-state index is 11.6. The number of anilines is 2. The van der Waals surface area contributed by atoms with E-state index in [1.807, 2.05) is 45.0 Å². The number of aromatic carboxylic acids is 1. The Hall–Kier alpha value is -3.30. The predicted molar refractivity (Wildman–Crippen MR) is 112 cm³/mol. The molecule has 1 aromatic carbocycles. The van der Waals surface area contributed by atoms with E-state index in [2.05, 4.69) is 22.1 Å². The monoisotopic (exact) mass is 392 g/mol. The topological polar surface area (TPSA) is 71.5 Å². The van der Waals surface area contributed by atoms with Crippen LogP contribution in [0.15, 0.2) is 54.7 Å². The van der Waals surface area contributed by atoms with Crippen LogP contribution in [0, 0.1) is 17.3 Å². The average Bonchev–Trinajstić information content (AvgIpc) is 3.05. The third-order valence-corrected chi connectivity index (χ3v) is 4.52. The SMILES string of the molecule is CC(C)(C)C#Cc1cc(Nc2ccc(Oc3ccccn3)cc2)c(C(=O)O)s1. The van der Waals surface area contributed by atoms with Gasteiger partial charge in [-0.05, 0) is 57.2 Å². The minimum Gasteiger partial charge on any atom is -0.477 e. The Morgan fingerprint density at radius 2 is 1.93 bits per heavy atom. The van der Waals surface area contributed by atoms with Gasteiger partial charge in [0.15, 0.2) is 0 Å². The molecule has 2 N–H and O–H groups in total. The van der Waals surface area contributed by atoms with Crippen LogP contribution in [0.25, 0.3) is 0 Å². The van der Waals surface area contributed by atoms with E-state index in [1.165, 1.54) is 0 Å². The average molecular weight is 392 g/mol. The molecule has 5 nitrogen and oxygen atoms in total. The summed E-state index contributed by atoms with van der Waals surface area (Å²) in [4.78, 5) is 16.6. The van der Waals surface area contributed by atoms with Gasteiger partial charge >= 0.3 is 5.97 Å². The number of aromatic nitrogens is 1. The van der Waals surface area contributed by atoms with Crippen LogP contribution in [-0.2, 0) is 0 Å². The molecule has 0 saturated heterocycles. The Kier molecular flexibility index (Phi) is 5.67. The highest BCUT2D eigenvalue weighted by atomic mass is 32.1. The van der Waals surface area contributed by atoms with Crippen molar-refractivity contribution >= 4 is 28.7 Å². The van der Waals surface area contributed by atoms with E-state index in [1.54, 1.807) is 30.5 Å². The number of benzene rings is 1. The van der Waals surface area contributed by atoms with Crippen molar-refractivity contribution in [1.82, 2.24) is 4.98 Å². The molecule has 6 heteroatoms. The van der Waals surface area contributed by atoms with Gasteiger partial charge in [-0.2, -0.15) is 0 Å². The molecular formula is C22H20N2O3S. The smallest absolute Gasteiger partial charge is 0.348 e. The van der Waals surface area contributed by atoms with Crippen LogP contribution in [0.3, 0.4) is 0 Å². The Morgan fingerprint density at radius 3 is 2.54 bits per heavy atom. The second kappa shape index (κ2) is 8.15. The molecule has 0 fully saturated rings.